The fourth-order valence-electron chi connectivity index (χ4n) is 2.32. The second-order valence-corrected chi connectivity index (χ2v) is 4.64. The van der Waals surface area contributed by atoms with Crippen molar-refractivity contribution in [3.63, 3.8) is 0 Å². The lowest BCUT2D eigenvalue weighted by molar-refractivity contribution is -0.0520. The second kappa shape index (κ2) is 4.66. The summed E-state index contributed by atoms with van der Waals surface area (Å²) in [5.41, 5.74) is 4.33. The molecule has 0 aliphatic carbocycles. The van der Waals surface area contributed by atoms with E-state index in [-0.39, 0.29) is 11.2 Å². The Labute approximate surface area is 116 Å². The van der Waals surface area contributed by atoms with Crippen LogP contribution in [0.1, 0.15) is 6.23 Å². The maximum absolute atomic E-state index is 11.7. The summed E-state index contributed by atoms with van der Waals surface area (Å²) in [5.74, 6) is -0.457. The molecule has 6 N–H and O–H groups in total. The van der Waals surface area contributed by atoms with Gasteiger partial charge >= 0.3 is 5.56 Å². The molecule has 4 atom stereocenters. The lowest BCUT2D eigenvalue weighted by Gasteiger charge is -2.17. The number of nitrogens with zero attached hydrogens (tertiary/aromatic N) is 4. The standard InChI is InChI=1S/C10H13N5O6/c11-10-13-7(19)4-8(15(10)20)14(2-12-4)9-6(18)5(17)3(1-16)21-9/h2-3,5-6,9,16-18,20H,1H2,(H2,11,13,19). The molecule has 3 heterocycles. The van der Waals surface area contributed by atoms with Crippen molar-refractivity contribution in [2.24, 2.45) is 0 Å². The van der Waals surface area contributed by atoms with Crippen LogP contribution >= 0.6 is 0 Å². The van der Waals surface area contributed by atoms with E-state index < -0.39 is 42.7 Å². The van der Waals surface area contributed by atoms with E-state index in [1.54, 1.807) is 0 Å². The van der Waals surface area contributed by atoms with Gasteiger partial charge in [-0.1, -0.05) is 0 Å². The largest absolute Gasteiger partial charge is 0.423 e. The number of nitrogen functional groups attached to an aromatic ring is 1. The average molecular weight is 299 g/mol. The summed E-state index contributed by atoms with van der Waals surface area (Å²) in [7, 11) is 0. The van der Waals surface area contributed by atoms with Gasteiger partial charge < -0.3 is 31.0 Å². The molecule has 1 aliphatic rings. The lowest BCUT2D eigenvalue weighted by Crippen LogP contribution is -2.33. The number of nitrogens with two attached hydrogens (primary N) is 1. The molecule has 2 aromatic heterocycles. The molecule has 11 heteroatoms. The predicted molar refractivity (Wildman–Crippen MR) is 66.4 cm³/mol. The number of aliphatic hydroxyl groups excluding tert-OH is 3. The molecule has 0 radical (unpaired) electrons. The summed E-state index contributed by atoms with van der Waals surface area (Å²) in [6.45, 7) is -0.503. The Morgan fingerprint density at radius 3 is 2.71 bits per heavy atom. The smallest absolute Gasteiger partial charge is 0.302 e. The monoisotopic (exact) mass is 299 g/mol. The molecule has 1 saturated heterocycles. The summed E-state index contributed by atoms with van der Waals surface area (Å²) < 4.78 is 6.87. The molecular formula is C10H13N5O6. The predicted octanol–water partition coefficient (Wildman–Crippen LogP) is -2.98. The molecule has 0 amide bonds. The highest BCUT2D eigenvalue weighted by Crippen LogP contribution is 2.31. The molecule has 0 saturated carbocycles. The van der Waals surface area contributed by atoms with Crippen LogP contribution in [-0.4, -0.2) is 64.7 Å². The van der Waals surface area contributed by atoms with E-state index >= 15 is 0 Å². The van der Waals surface area contributed by atoms with Crippen molar-refractivity contribution in [1.29, 1.82) is 0 Å². The van der Waals surface area contributed by atoms with Crippen molar-refractivity contribution in [2.45, 2.75) is 24.5 Å². The first kappa shape index (κ1) is 13.8. The van der Waals surface area contributed by atoms with Gasteiger partial charge in [-0.05, 0) is 0 Å². The summed E-state index contributed by atoms with van der Waals surface area (Å²) in [4.78, 5) is 18.8. The molecule has 0 aromatic carbocycles. The minimum atomic E-state index is -1.39. The number of aliphatic hydroxyl groups is 3. The van der Waals surface area contributed by atoms with Gasteiger partial charge in [-0.25, -0.2) is 4.98 Å². The van der Waals surface area contributed by atoms with Gasteiger partial charge in [-0.2, -0.15) is 4.98 Å². The zero-order chi connectivity index (χ0) is 15.3. The van der Waals surface area contributed by atoms with Crippen LogP contribution in [0.3, 0.4) is 0 Å². The van der Waals surface area contributed by atoms with Crippen LogP contribution in [0.4, 0.5) is 5.95 Å². The van der Waals surface area contributed by atoms with E-state index in [1.165, 1.54) is 0 Å². The summed E-state index contributed by atoms with van der Waals surface area (Å²) >= 11 is 0. The van der Waals surface area contributed by atoms with E-state index in [4.69, 9.17) is 15.6 Å². The number of fused-ring (bicyclic) bond motifs is 1. The first-order valence-electron chi connectivity index (χ1n) is 6.02. The van der Waals surface area contributed by atoms with Crippen LogP contribution in [0.15, 0.2) is 11.1 Å². The highest BCUT2D eigenvalue weighted by atomic mass is 16.6. The first-order valence-corrected chi connectivity index (χ1v) is 6.02. The van der Waals surface area contributed by atoms with Crippen molar-refractivity contribution in [2.75, 3.05) is 12.3 Å². The number of aromatic nitrogens is 4. The minimum absolute atomic E-state index is 0.137. The quantitative estimate of drug-likeness (QED) is 0.363. The molecule has 114 valence electrons. The van der Waals surface area contributed by atoms with E-state index in [2.05, 4.69) is 9.97 Å². The van der Waals surface area contributed by atoms with Crippen molar-refractivity contribution >= 4 is 17.1 Å². The van der Waals surface area contributed by atoms with E-state index in [9.17, 15) is 20.2 Å². The zero-order valence-electron chi connectivity index (χ0n) is 10.6. The van der Waals surface area contributed by atoms with Crippen molar-refractivity contribution in [1.82, 2.24) is 19.3 Å². The minimum Gasteiger partial charge on any atom is -0.423 e. The van der Waals surface area contributed by atoms with E-state index in [1.807, 2.05) is 0 Å². The zero-order valence-corrected chi connectivity index (χ0v) is 10.6. The fraction of sp³-hybridized carbons (Fsp3) is 0.500. The van der Waals surface area contributed by atoms with Gasteiger partial charge in [0.1, 0.15) is 18.3 Å². The Balaban J connectivity index is 2.16. The molecule has 0 spiro atoms. The SMILES string of the molecule is Nc1nc(=O)c2ncn(C3OC(CO)C(O)C3O)c2n1O. The molecule has 4 unspecified atom stereocenters. The van der Waals surface area contributed by atoms with Gasteiger partial charge in [0.2, 0.25) is 5.95 Å². The fourth-order valence-corrected chi connectivity index (χ4v) is 2.32. The number of hydrogen-bond donors (Lipinski definition) is 5. The maximum atomic E-state index is 11.7. The molecule has 21 heavy (non-hydrogen) atoms. The van der Waals surface area contributed by atoms with Crippen LogP contribution in [0, 0.1) is 0 Å². The van der Waals surface area contributed by atoms with E-state index in [0.717, 1.165) is 10.9 Å². The number of imidazole rings is 1. The van der Waals surface area contributed by atoms with Crippen molar-refractivity contribution in [3.8, 4) is 0 Å². The van der Waals surface area contributed by atoms with Crippen LogP contribution in [0.2, 0.25) is 0 Å². The summed E-state index contributed by atoms with van der Waals surface area (Å²) in [5, 5.41) is 38.6. The normalized spacial score (nSPS) is 29.3. The van der Waals surface area contributed by atoms with Gasteiger partial charge in [-0.3, -0.25) is 9.36 Å². The highest BCUT2D eigenvalue weighted by Gasteiger charge is 2.44. The van der Waals surface area contributed by atoms with Gasteiger partial charge in [0.25, 0.3) is 0 Å². The van der Waals surface area contributed by atoms with Gasteiger partial charge in [-0.15, -0.1) is 4.73 Å². The third-order valence-electron chi connectivity index (χ3n) is 3.40. The lowest BCUT2D eigenvalue weighted by atomic mass is 10.1. The summed E-state index contributed by atoms with van der Waals surface area (Å²) in [6.07, 6.45) is -3.72. The van der Waals surface area contributed by atoms with Gasteiger partial charge in [0, 0.05) is 0 Å². The molecule has 1 aliphatic heterocycles. The van der Waals surface area contributed by atoms with Crippen LogP contribution in [0.5, 0.6) is 0 Å². The molecule has 2 aromatic rings. The van der Waals surface area contributed by atoms with Crippen LogP contribution < -0.4 is 11.3 Å². The van der Waals surface area contributed by atoms with Crippen LogP contribution in [0.25, 0.3) is 11.2 Å². The number of ether oxygens (including phenoxy) is 1. The number of hydrogen-bond acceptors (Lipinski definition) is 9. The van der Waals surface area contributed by atoms with Crippen LogP contribution in [-0.2, 0) is 4.74 Å². The van der Waals surface area contributed by atoms with Gasteiger partial charge in [0.05, 0.1) is 12.9 Å². The maximum Gasteiger partial charge on any atom is 0.302 e. The Morgan fingerprint density at radius 1 is 1.38 bits per heavy atom. The number of rotatable bonds is 2. The number of anilines is 1. The molecule has 11 nitrogen and oxygen atoms in total. The molecule has 0 bridgehead atoms. The topological polar surface area (TPSA) is 169 Å². The average Bonchev–Trinajstić information content (AvgIpc) is 3.00. The first-order chi connectivity index (χ1) is 9.95. The van der Waals surface area contributed by atoms with Crippen molar-refractivity contribution in [3.05, 3.63) is 16.7 Å². The third-order valence-corrected chi connectivity index (χ3v) is 3.40. The Bertz CT molecular complexity index is 741. The third kappa shape index (κ3) is 1.86. The second-order valence-electron chi connectivity index (χ2n) is 4.64. The van der Waals surface area contributed by atoms with E-state index in [0.29, 0.717) is 4.73 Å². The Hall–Kier alpha value is -2.21. The van der Waals surface area contributed by atoms with Gasteiger partial charge in [0.15, 0.2) is 17.4 Å². The Kier molecular flexibility index (Phi) is 3.06. The summed E-state index contributed by atoms with van der Waals surface area (Å²) in [6, 6.07) is 0. The molecule has 1 fully saturated rings. The molecule has 3 rings (SSSR count). The Morgan fingerprint density at radius 2 is 2.10 bits per heavy atom. The molecular weight excluding hydrogens is 286 g/mol. The van der Waals surface area contributed by atoms with Crippen molar-refractivity contribution < 1.29 is 25.3 Å². The highest BCUT2D eigenvalue weighted by molar-refractivity contribution is 5.71.